The lowest BCUT2D eigenvalue weighted by molar-refractivity contribution is -0.274. The fraction of sp³-hybridized carbons (Fsp3) is 0.500. The Morgan fingerprint density at radius 3 is 2.52 bits per heavy atom. The van der Waals surface area contributed by atoms with Gasteiger partial charge in [0, 0.05) is 12.6 Å². The van der Waals surface area contributed by atoms with Crippen LogP contribution in [0.4, 0.5) is 13.2 Å². The molecule has 0 heterocycles. The number of rotatable bonds is 5. The van der Waals surface area contributed by atoms with E-state index in [0.29, 0.717) is 12.8 Å². The van der Waals surface area contributed by atoms with Gasteiger partial charge in [0.05, 0.1) is 10.5 Å². The van der Waals surface area contributed by atoms with E-state index in [1.165, 1.54) is 0 Å². The second-order valence-corrected chi connectivity index (χ2v) is 6.69. The molecule has 2 N–H and O–H groups in total. The Balaban J connectivity index is 2.10. The van der Waals surface area contributed by atoms with Crippen molar-refractivity contribution in [3.63, 3.8) is 0 Å². The number of alkyl halides is 3. The number of hydrogen-bond donors (Lipinski definition) is 2. The molecule has 9 heteroatoms. The predicted molar refractivity (Wildman–Crippen MR) is 67.1 cm³/mol. The van der Waals surface area contributed by atoms with Crippen LogP contribution in [0.15, 0.2) is 29.2 Å². The van der Waals surface area contributed by atoms with E-state index >= 15 is 0 Å². The molecule has 0 atom stereocenters. The third-order valence-electron chi connectivity index (χ3n) is 3.22. The summed E-state index contributed by atoms with van der Waals surface area (Å²) in [5.41, 5.74) is -1.06. The van der Waals surface area contributed by atoms with Crippen molar-refractivity contribution in [1.82, 2.24) is 4.72 Å². The maximum Gasteiger partial charge on any atom is 0.573 e. The van der Waals surface area contributed by atoms with Crippen LogP contribution >= 0.6 is 0 Å². The van der Waals surface area contributed by atoms with Crippen LogP contribution in [0.1, 0.15) is 19.3 Å². The molecular weight excluding hydrogens is 311 g/mol. The smallest absolute Gasteiger partial charge is 0.406 e. The molecule has 118 valence electrons. The third-order valence-corrected chi connectivity index (χ3v) is 4.62. The number of sulfonamides is 1. The summed E-state index contributed by atoms with van der Waals surface area (Å²) in [5, 5.41) is 9.83. The minimum Gasteiger partial charge on any atom is -0.406 e. The van der Waals surface area contributed by atoms with E-state index in [1.807, 2.05) is 0 Å². The van der Waals surface area contributed by atoms with E-state index in [1.54, 1.807) is 0 Å². The molecule has 0 saturated heterocycles. The van der Waals surface area contributed by atoms with E-state index in [0.717, 1.165) is 30.7 Å². The lowest BCUT2D eigenvalue weighted by Gasteiger charge is -2.36. The SMILES string of the molecule is O=S(=O)(NCC1(O)CCC1)c1cccc(OC(F)(F)F)c1. The van der Waals surface area contributed by atoms with Gasteiger partial charge >= 0.3 is 6.36 Å². The fourth-order valence-corrected chi connectivity index (χ4v) is 3.07. The molecule has 0 aromatic heterocycles. The molecule has 1 aliphatic rings. The zero-order valence-electron chi connectivity index (χ0n) is 10.9. The summed E-state index contributed by atoms with van der Waals surface area (Å²) in [6.45, 7) is -0.167. The maximum atomic E-state index is 12.1. The Morgan fingerprint density at radius 2 is 2.00 bits per heavy atom. The minimum absolute atomic E-state index is 0.167. The Labute approximate surface area is 119 Å². The topological polar surface area (TPSA) is 75.6 Å². The first kappa shape index (κ1) is 16.1. The lowest BCUT2D eigenvalue weighted by Crippen LogP contribution is -2.47. The zero-order valence-corrected chi connectivity index (χ0v) is 11.7. The van der Waals surface area contributed by atoms with Gasteiger partial charge in [-0.25, -0.2) is 13.1 Å². The van der Waals surface area contributed by atoms with Gasteiger partial charge in [-0.2, -0.15) is 0 Å². The van der Waals surface area contributed by atoms with Crippen molar-refractivity contribution in [2.24, 2.45) is 0 Å². The van der Waals surface area contributed by atoms with Gasteiger partial charge in [0.25, 0.3) is 0 Å². The van der Waals surface area contributed by atoms with Gasteiger partial charge in [0.15, 0.2) is 0 Å². The number of halogens is 3. The predicted octanol–water partition coefficient (Wildman–Crippen LogP) is 1.78. The lowest BCUT2D eigenvalue weighted by atomic mass is 9.81. The van der Waals surface area contributed by atoms with Crippen molar-refractivity contribution in [1.29, 1.82) is 0 Å². The van der Waals surface area contributed by atoms with Crippen LogP contribution < -0.4 is 9.46 Å². The average Bonchev–Trinajstić information content (AvgIpc) is 2.32. The highest BCUT2D eigenvalue weighted by Gasteiger charge is 2.36. The second-order valence-electron chi connectivity index (χ2n) is 4.93. The summed E-state index contributed by atoms with van der Waals surface area (Å²) < 4.78 is 66.1. The number of ether oxygens (including phenoxy) is 1. The minimum atomic E-state index is -4.89. The first-order valence-corrected chi connectivity index (χ1v) is 7.66. The number of aliphatic hydroxyl groups is 1. The van der Waals surface area contributed by atoms with E-state index in [-0.39, 0.29) is 11.4 Å². The largest absolute Gasteiger partial charge is 0.573 e. The van der Waals surface area contributed by atoms with Crippen LogP contribution in [0.25, 0.3) is 0 Å². The van der Waals surface area contributed by atoms with Gasteiger partial charge in [-0.3, -0.25) is 0 Å². The molecule has 5 nitrogen and oxygen atoms in total. The number of benzene rings is 1. The molecular formula is C12H14F3NO4S. The van der Waals surface area contributed by atoms with Crippen LogP contribution in [0.5, 0.6) is 5.75 Å². The van der Waals surface area contributed by atoms with Crippen molar-refractivity contribution in [2.45, 2.75) is 36.1 Å². The molecule has 0 unspecified atom stereocenters. The van der Waals surface area contributed by atoms with Gasteiger partial charge in [0.1, 0.15) is 5.75 Å². The highest BCUT2D eigenvalue weighted by molar-refractivity contribution is 7.89. The van der Waals surface area contributed by atoms with Gasteiger partial charge in [-0.05, 0) is 31.4 Å². The van der Waals surface area contributed by atoms with Crippen LogP contribution in [-0.4, -0.2) is 32.0 Å². The van der Waals surface area contributed by atoms with E-state index in [2.05, 4.69) is 9.46 Å². The molecule has 0 spiro atoms. The Hall–Kier alpha value is -1.32. The molecule has 0 bridgehead atoms. The summed E-state index contributed by atoms with van der Waals surface area (Å²) in [6.07, 6.45) is -3.09. The molecule has 2 rings (SSSR count). The molecule has 1 aromatic carbocycles. The van der Waals surface area contributed by atoms with Crippen LogP contribution in [-0.2, 0) is 10.0 Å². The molecule has 0 amide bonds. The van der Waals surface area contributed by atoms with Crippen LogP contribution in [0.2, 0.25) is 0 Å². The standard InChI is InChI=1S/C12H14F3NO4S/c13-12(14,15)20-9-3-1-4-10(7-9)21(18,19)16-8-11(17)5-2-6-11/h1,3-4,7,16-17H,2,5-6,8H2. The zero-order chi connectivity index (χ0) is 15.7. The molecule has 1 aliphatic carbocycles. The second kappa shape index (κ2) is 5.47. The summed E-state index contributed by atoms with van der Waals surface area (Å²) in [5.74, 6) is -0.618. The van der Waals surface area contributed by atoms with Gasteiger partial charge in [-0.15, -0.1) is 13.2 Å². The molecule has 1 saturated carbocycles. The fourth-order valence-electron chi connectivity index (χ4n) is 1.91. The van der Waals surface area contributed by atoms with Crippen molar-refractivity contribution in [2.75, 3.05) is 6.54 Å². The average molecular weight is 325 g/mol. The summed E-state index contributed by atoms with van der Waals surface area (Å²) >= 11 is 0. The Kier molecular flexibility index (Phi) is 4.18. The van der Waals surface area contributed by atoms with Gasteiger partial charge in [0.2, 0.25) is 10.0 Å². The molecule has 21 heavy (non-hydrogen) atoms. The van der Waals surface area contributed by atoms with Crippen molar-refractivity contribution >= 4 is 10.0 Å². The molecule has 0 aliphatic heterocycles. The van der Waals surface area contributed by atoms with Crippen molar-refractivity contribution < 1.29 is 31.4 Å². The van der Waals surface area contributed by atoms with Crippen molar-refractivity contribution in [3.8, 4) is 5.75 Å². The summed E-state index contributed by atoms with van der Waals surface area (Å²) in [6, 6.07) is 4.08. The Morgan fingerprint density at radius 1 is 1.33 bits per heavy atom. The summed E-state index contributed by atoms with van der Waals surface area (Å²) in [4.78, 5) is -0.354. The molecule has 0 radical (unpaired) electrons. The highest BCUT2D eigenvalue weighted by atomic mass is 32.2. The maximum absolute atomic E-state index is 12.1. The van der Waals surface area contributed by atoms with Gasteiger partial charge < -0.3 is 9.84 Å². The summed E-state index contributed by atoms with van der Waals surface area (Å²) in [7, 11) is -4.01. The van der Waals surface area contributed by atoms with E-state index < -0.39 is 27.7 Å². The van der Waals surface area contributed by atoms with Crippen LogP contribution in [0.3, 0.4) is 0 Å². The monoisotopic (exact) mass is 325 g/mol. The highest BCUT2D eigenvalue weighted by Crippen LogP contribution is 2.31. The molecule has 1 aromatic rings. The number of nitrogens with one attached hydrogen (secondary N) is 1. The Bertz CT molecular complexity index is 611. The van der Waals surface area contributed by atoms with E-state index in [9.17, 15) is 26.7 Å². The first-order valence-electron chi connectivity index (χ1n) is 6.18. The normalized spacial score (nSPS) is 18.1. The third kappa shape index (κ3) is 4.32. The molecule has 1 fully saturated rings. The van der Waals surface area contributed by atoms with E-state index in [4.69, 9.17) is 0 Å². The van der Waals surface area contributed by atoms with Crippen molar-refractivity contribution in [3.05, 3.63) is 24.3 Å². The van der Waals surface area contributed by atoms with Gasteiger partial charge in [-0.1, -0.05) is 6.07 Å². The first-order chi connectivity index (χ1) is 9.60. The van der Waals surface area contributed by atoms with Crippen LogP contribution in [0, 0.1) is 0 Å². The quantitative estimate of drug-likeness (QED) is 0.865. The number of hydrogen-bond acceptors (Lipinski definition) is 4.